The van der Waals surface area contributed by atoms with Gasteiger partial charge in [-0.05, 0) is 75.7 Å². The number of rotatable bonds is 9. The maximum Gasteiger partial charge on any atom is 0.251 e. The first-order valence-electron chi connectivity index (χ1n) is 10.5. The van der Waals surface area contributed by atoms with Crippen LogP contribution in [0.4, 0.5) is 11.4 Å². The summed E-state index contributed by atoms with van der Waals surface area (Å²) < 4.78 is 0. The molecule has 0 atom stereocenters. The number of benzene rings is 2. The van der Waals surface area contributed by atoms with Crippen LogP contribution in [0.25, 0.3) is 0 Å². The van der Waals surface area contributed by atoms with Crippen molar-refractivity contribution in [3.63, 3.8) is 0 Å². The van der Waals surface area contributed by atoms with Crippen LogP contribution in [0.2, 0.25) is 0 Å². The fraction of sp³-hybridized carbons (Fsp3) is 0.375. The van der Waals surface area contributed by atoms with Gasteiger partial charge in [-0.25, -0.2) is 0 Å². The molecule has 0 bridgehead atoms. The zero-order chi connectivity index (χ0) is 22.9. The zero-order valence-electron chi connectivity index (χ0n) is 18.7. The summed E-state index contributed by atoms with van der Waals surface area (Å²) in [7, 11) is 0. The van der Waals surface area contributed by atoms with E-state index in [1.165, 1.54) is 0 Å². The van der Waals surface area contributed by atoms with E-state index in [-0.39, 0.29) is 29.8 Å². The highest BCUT2D eigenvalue weighted by molar-refractivity contribution is 5.97. The Morgan fingerprint density at radius 3 is 1.90 bits per heavy atom. The van der Waals surface area contributed by atoms with Crippen molar-refractivity contribution >= 4 is 29.1 Å². The minimum atomic E-state index is -0.302. The Hall–Kier alpha value is -3.35. The van der Waals surface area contributed by atoms with E-state index in [9.17, 15) is 14.4 Å². The van der Waals surface area contributed by atoms with E-state index < -0.39 is 0 Å². The first kappa shape index (κ1) is 23.9. The van der Waals surface area contributed by atoms with Crippen molar-refractivity contribution in [2.75, 3.05) is 23.7 Å². The third kappa shape index (κ3) is 8.50. The van der Waals surface area contributed by atoms with Crippen molar-refractivity contribution < 1.29 is 14.4 Å². The maximum absolute atomic E-state index is 12.2. The Bertz CT molecular complexity index is 885. The van der Waals surface area contributed by atoms with Crippen LogP contribution in [0.5, 0.6) is 0 Å². The summed E-state index contributed by atoms with van der Waals surface area (Å²) in [5.74, 6) is -0.471. The Kier molecular flexibility index (Phi) is 8.61. The third-order valence-corrected chi connectivity index (χ3v) is 4.34. The molecule has 0 aliphatic rings. The van der Waals surface area contributed by atoms with Crippen molar-refractivity contribution in [2.24, 2.45) is 0 Å². The number of unbranched alkanes of at least 4 members (excludes halogenated alkanes) is 1. The lowest BCUT2D eigenvalue weighted by Gasteiger charge is -2.20. The SMILES string of the molecule is CCCCNC(=O)c1ccc(NC(=O)CNc2ccc(C(=O)NC(C)(C)C)cc2)cc1. The van der Waals surface area contributed by atoms with Crippen LogP contribution in [0.1, 0.15) is 61.3 Å². The van der Waals surface area contributed by atoms with Crippen molar-refractivity contribution in [3.05, 3.63) is 59.7 Å². The summed E-state index contributed by atoms with van der Waals surface area (Å²) in [5, 5.41) is 11.6. The first-order valence-corrected chi connectivity index (χ1v) is 10.5. The van der Waals surface area contributed by atoms with E-state index in [2.05, 4.69) is 28.2 Å². The van der Waals surface area contributed by atoms with Gasteiger partial charge in [0.05, 0.1) is 6.54 Å². The van der Waals surface area contributed by atoms with Crippen LogP contribution in [-0.2, 0) is 4.79 Å². The lowest BCUT2D eigenvalue weighted by molar-refractivity contribution is -0.114. The average molecular weight is 425 g/mol. The lowest BCUT2D eigenvalue weighted by atomic mass is 10.1. The molecule has 0 aliphatic heterocycles. The minimum Gasteiger partial charge on any atom is -0.376 e. The normalized spacial score (nSPS) is 10.8. The van der Waals surface area contributed by atoms with E-state index in [4.69, 9.17) is 0 Å². The van der Waals surface area contributed by atoms with Gasteiger partial charge in [0.1, 0.15) is 0 Å². The molecule has 7 nitrogen and oxygen atoms in total. The minimum absolute atomic E-state index is 0.0762. The molecule has 0 unspecified atom stereocenters. The van der Waals surface area contributed by atoms with E-state index in [1.807, 2.05) is 20.8 Å². The van der Waals surface area contributed by atoms with Gasteiger partial charge in [0.25, 0.3) is 11.8 Å². The van der Waals surface area contributed by atoms with Crippen molar-refractivity contribution in [2.45, 2.75) is 46.1 Å². The molecular formula is C24H32N4O3. The summed E-state index contributed by atoms with van der Waals surface area (Å²) in [6, 6.07) is 13.7. The predicted octanol–water partition coefficient (Wildman–Crippen LogP) is 3.80. The molecule has 2 aromatic rings. The van der Waals surface area contributed by atoms with Gasteiger partial charge in [-0.15, -0.1) is 0 Å². The Labute approximate surface area is 184 Å². The third-order valence-electron chi connectivity index (χ3n) is 4.34. The zero-order valence-corrected chi connectivity index (χ0v) is 18.7. The van der Waals surface area contributed by atoms with Crippen LogP contribution in [0, 0.1) is 0 Å². The van der Waals surface area contributed by atoms with Gasteiger partial charge in [-0.1, -0.05) is 13.3 Å². The van der Waals surface area contributed by atoms with Crippen LogP contribution < -0.4 is 21.3 Å². The van der Waals surface area contributed by atoms with Gasteiger partial charge in [0.15, 0.2) is 0 Å². The second-order valence-corrected chi connectivity index (χ2v) is 8.37. The lowest BCUT2D eigenvalue weighted by Crippen LogP contribution is -2.40. The molecule has 0 spiro atoms. The number of hydrogen-bond acceptors (Lipinski definition) is 4. The molecule has 0 fully saturated rings. The largest absolute Gasteiger partial charge is 0.376 e. The number of nitrogens with one attached hydrogen (secondary N) is 4. The van der Waals surface area contributed by atoms with E-state index in [0.717, 1.165) is 18.5 Å². The van der Waals surface area contributed by atoms with Crippen molar-refractivity contribution in [1.29, 1.82) is 0 Å². The van der Waals surface area contributed by atoms with Crippen LogP contribution in [-0.4, -0.2) is 36.3 Å². The highest BCUT2D eigenvalue weighted by atomic mass is 16.2. The molecule has 31 heavy (non-hydrogen) atoms. The van der Waals surface area contributed by atoms with Gasteiger partial charge in [-0.3, -0.25) is 14.4 Å². The molecule has 166 valence electrons. The Balaban J connectivity index is 1.81. The number of carbonyl (C=O) groups excluding carboxylic acids is 3. The average Bonchev–Trinajstić information content (AvgIpc) is 2.72. The van der Waals surface area contributed by atoms with Gasteiger partial charge in [0.2, 0.25) is 5.91 Å². The Morgan fingerprint density at radius 2 is 1.35 bits per heavy atom. The second-order valence-electron chi connectivity index (χ2n) is 8.37. The standard InChI is InChI=1S/C24H32N4O3/c1-5-6-15-25-22(30)17-9-13-20(14-10-17)27-21(29)16-26-19-11-7-18(8-12-19)23(31)28-24(2,3)4/h7-14,26H,5-6,15-16H2,1-4H3,(H,25,30)(H,27,29)(H,28,31). The number of hydrogen-bond donors (Lipinski definition) is 4. The molecule has 0 aromatic heterocycles. The van der Waals surface area contributed by atoms with Gasteiger partial charge >= 0.3 is 0 Å². The molecule has 0 radical (unpaired) electrons. The summed E-state index contributed by atoms with van der Waals surface area (Å²) in [5.41, 5.74) is 2.17. The monoisotopic (exact) mass is 424 g/mol. The predicted molar refractivity (Wildman–Crippen MR) is 124 cm³/mol. The summed E-state index contributed by atoms with van der Waals surface area (Å²) in [6.45, 7) is 8.58. The first-order chi connectivity index (χ1) is 14.7. The molecule has 3 amide bonds. The van der Waals surface area contributed by atoms with Gasteiger partial charge in [-0.2, -0.15) is 0 Å². The fourth-order valence-corrected chi connectivity index (χ4v) is 2.73. The van der Waals surface area contributed by atoms with Crippen molar-refractivity contribution in [3.8, 4) is 0 Å². The highest BCUT2D eigenvalue weighted by Gasteiger charge is 2.15. The van der Waals surface area contributed by atoms with Gasteiger partial charge in [0, 0.05) is 34.6 Å². The number of anilines is 2. The summed E-state index contributed by atoms with van der Waals surface area (Å²) in [4.78, 5) is 36.4. The smallest absolute Gasteiger partial charge is 0.251 e. The molecule has 0 saturated carbocycles. The van der Waals surface area contributed by atoms with E-state index >= 15 is 0 Å². The van der Waals surface area contributed by atoms with Crippen LogP contribution in [0.3, 0.4) is 0 Å². The Morgan fingerprint density at radius 1 is 0.806 bits per heavy atom. The molecule has 4 N–H and O–H groups in total. The quantitative estimate of drug-likeness (QED) is 0.460. The van der Waals surface area contributed by atoms with Crippen LogP contribution >= 0.6 is 0 Å². The maximum atomic E-state index is 12.2. The summed E-state index contributed by atoms with van der Waals surface area (Å²) >= 11 is 0. The number of amides is 3. The number of carbonyl (C=O) groups is 3. The fourth-order valence-electron chi connectivity index (χ4n) is 2.73. The van der Waals surface area contributed by atoms with Crippen molar-refractivity contribution in [1.82, 2.24) is 10.6 Å². The molecule has 2 aromatic carbocycles. The van der Waals surface area contributed by atoms with E-state index in [0.29, 0.717) is 23.4 Å². The second kappa shape index (κ2) is 11.2. The van der Waals surface area contributed by atoms with Crippen LogP contribution in [0.15, 0.2) is 48.5 Å². The van der Waals surface area contributed by atoms with E-state index in [1.54, 1.807) is 48.5 Å². The highest BCUT2D eigenvalue weighted by Crippen LogP contribution is 2.12. The molecule has 0 aliphatic carbocycles. The van der Waals surface area contributed by atoms with Gasteiger partial charge < -0.3 is 21.3 Å². The summed E-state index contributed by atoms with van der Waals surface area (Å²) in [6.07, 6.45) is 1.97. The molecule has 7 heteroatoms. The molecular weight excluding hydrogens is 392 g/mol. The molecule has 2 rings (SSSR count). The molecule has 0 saturated heterocycles. The molecule has 0 heterocycles. The topological polar surface area (TPSA) is 99.3 Å².